The van der Waals surface area contributed by atoms with Crippen LogP contribution in [-0.2, 0) is 134 Å². The van der Waals surface area contributed by atoms with Gasteiger partial charge in [-0.3, -0.25) is 47.9 Å². The molecule has 16 rings (SSSR count). The first kappa shape index (κ1) is 110. The molecule has 0 bridgehead atoms. The maximum Gasteiger partial charge on any atom is 0.408 e. The van der Waals surface area contributed by atoms with E-state index in [2.05, 4.69) is 20.6 Å². The zero-order valence-electron chi connectivity index (χ0n) is 87.5. The maximum absolute atomic E-state index is 16.3. The van der Waals surface area contributed by atoms with Gasteiger partial charge in [-0.2, -0.15) is 0 Å². The Morgan fingerprint density at radius 1 is 0.367 bits per heavy atom. The summed E-state index contributed by atoms with van der Waals surface area (Å²) in [6.45, 7) is 26.8. The van der Waals surface area contributed by atoms with Crippen LogP contribution in [-0.4, -0.2) is 234 Å². The third-order valence-electron chi connectivity index (χ3n) is 29.4. The number of likely N-dealkylation sites (tertiary alicyclic amines) is 4. The molecule has 18 atom stereocenters. The molecule has 0 aliphatic carbocycles. The van der Waals surface area contributed by atoms with Crippen molar-refractivity contribution >= 4 is 115 Å². The number of ether oxygens (including phenoxy) is 10. The SMILES string of the molecule is CC(=O)O[C@@H]1[C@H](OC(C)=O)[C@H](C)O[C@H](n2c(-c3[nH]c4cc(F)ccc4c3CC3CCCN3C(=O)[C@@H](N)C(C)C)c(C[C@@H]3CCCN3C(=O)[C@@H](N)C(C)C)c3ccc(F)cc32)[C@H]1OC(C)=O.CC(=O)O[C@@H]1[C@H](OC(C)=O)[C@H](C)O[C@H](n2c(-c3[nH]c4cc(F)ccc4c3CC3CCCN3C(=O)[C@@H](NC(=O)OCc3ccccc3)C(C)C)c(C[C@@H]3CCCN3C(=O)[C@@H](NC(=O)OCc3ccccc3)C(C)C)c3ccc(F)cc32)[C@H]1OC(C)=O. The fourth-order valence-corrected chi connectivity index (χ4v) is 22.3. The predicted octanol–water partition coefficient (Wildman–Crippen LogP) is 15.6. The normalized spacial score (nSPS) is 22.7. The fourth-order valence-electron chi connectivity index (χ4n) is 22.3. The summed E-state index contributed by atoms with van der Waals surface area (Å²) in [6.07, 6.45) is -9.01. The lowest BCUT2D eigenvalue weighted by Crippen LogP contribution is -2.58. The van der Waals surface area contributed by atoms with E-state index in [0.29, 0.717) is 155 Å². The van der Waals surface area contributed by atoms with Crippen molar-refractivity contribution < 1.29 is 122 Å². The Balaban J connectivity index is 0.000000232. The number of amides is 6. The topological polar surface area (TPSA) is 428 Å². The number of carbonyl (C=O) groups excluding carboxylic acids is 12. The average Bonchev–Trinajstić information content (AvgIpc) is 1.56. The predicted molar refractivity (Wildman–Crippen MR) is 547 cm³/mol. The Bertz CT molecular complexity index is 6660. The van der Waals surface area contributed by atoms with Crippen molar-refractivity contribution in [3.63, 3.8) is 0 Å². The first-order chi connectivity index (χ1) is 71.4. The molecule has 0 radical (unpaired) electrons. The molecule has 6 amide bonds. The summed E-state index contributed by atoms with van der Waals surface area (Å²) in [5.41, 5.74) is 20.0. The molecule has 2 unspecified atom stereocenters. The van der Waals surface area contributed by atoms with E-state index in [1.54, 1.807) is 57.0 Å². The molecule has 0 spiro atoms. The fraction of sp³-hybridized carbons (Fsp3) is 0.500. The van der Waals surface area contributed by atoms with Crippen molar-refractivity contribution in [2.75, 3.05) is 26.2 Å². The van der Waals surface area contributed by atoms with Crippen LogP contribution in [0.25, 0.3) is 66.4 Å². The molecule has 10 aromatic rings. The number of rotatable bonds is 32. The number of H-pyrrole nitrogens is 2. The van der Waals surface area contributed by atoms with Crippen LogP contribution >= 0.6 is 0 Å². The van der Waals surface area contributed by atoms with Crippen molar-refractivity contribution in [2.24, 2.45) is 35.1 Å². The number of fused-ring (bicyclic) bond motifs is 4. The van der Waals surface area contributed by atoms with Crippen LogP contribution in [0.15, 0.2) is 133 Å². The maximum atomic E-state index is 16.3. The second kappa shape index (κ2) is 47.6. The summed E-state index contributed by atoms with van der Waals surface area (Å²) in [6, 6.07) is 30.4. The van der Waals surface area contributed by atoms with Crippen molar-refractivity contribution in [1.29, 1.82) is 0 Å². The summed E-state index contributed by atoms with van der Waals surface area (Å²) in [7, 11) is 0. The van der Waals surface area contributed by atoms with E-state index in [1.165, 1.54) is 76.2 Å². The summed E-state index contributed by atoms with van der Waals surface area (Å²) in [5.74, 6) is -8.89. The molecule has 10 heterocycles. The Hall–Kier alpha value is -13.7. The van der Waals surface area contributed by atoms with Crippen molar-refractivity contribution in [3.05, 3.63) is 190 Å². The lowest BCUT2D eigenvalue weighted by molar-refractivity contribution is -0.258. The minimum absolute atomic E-state index is 0.00625. The molecule has 6 aliphatic rings. The Morgan fingerprint density at radius 2 is 0.653 bits per heavy atom. The molecule has 6 saturated heterocycles. The number of esters is 6. The van der Waals surface area contributed by atoms with Gasteiger partial charge in [-0.05, 0) is 221 Å². The minimum Gasteiger partial charge on any atom is -0.456 e. The molecule has 6 aromatic carbocycles. The van der Waals surface area contributed by atoms with Crippen LogP contribution in [0.5, 0.6) is 0 Å². The molecule has 6 fully saturated rings. The lowest BCUT2D eigenvalue weighted by Gasteiger charge is -2.44. The highest BCUT2D eigenvalue weighted by molar-refractivity contribution is 6.00. The summed E-state index contributed by atoms with van der Waals surface area (Å²) in [4.78, 5) is 176. The average molecular weight is 2080 g/mol. The van der Waals surface area contributed by atoms with Crippen LogP contribution in [0.2, 0.25) is 0 Å². The highest BCUT2D eigenvalue weighted by atomic mass is 19.1. The molecule has 804 valence electrons. The molecule has 38 heteroatoms. The molecule has 150 heavy (non-hydrogen) atoms. The number of nitrogens with one attached hydrogen (secondary N) is 4. The Labute approximate surface area is 867 Å². The number of hydrogen-bond acceptors (Lipinski definition) is 24. The van der Waals surface area contributed by atoms with Gasteiger partial charge in [0.05, 0.1) is 58.1 Å². The molecule has 6 aliphatic heterocycles. The van der Waals surface area contributed by atoms with Gasteiger partial charge in [-0.15, -0.1) is 0 Å². The van der Waals surface area contributed by atoms with Gasteiger partial charge in [-0.25, -0.2) is 27.2 Å². The number of aromatic nitrogens is 4. The number of alkyl carbamates (subject to hydrolysis) is 2. The van der Waals surface area contributed by atoms with Crippen LogP contribution in [0.4, 0.5) is 27.2 Å². The van der Waals surface area contributed by atoms with E-state index in [1.807, 2.05) is 126 Å². The molecule has 34 nitrogen and oxygen atoms in total. The zero-order valence-corrected chi connectivity index (χ0v) is 87.5. The number of carbonyl (C=O) groups is 12. The number of nitrogens with two attached hydrogens (primary N) is 2. The van der Waals surface area contributed by atoms with Gasteiger partial charge < -0.3 is 108 Å². The zero-order chi connectivity index (χ0) is 108. The number of hydrogen-bond donors (Lipinski definition) is 6. The molecular formula is C112H136F4N12O22. The second-order valence-electron chi connectivity index (χ2n) is 41.5. The highest BCUT2D eigenvalue weighted by Gasteiger charge is 2.56. The van der Waals surface area contributed by atoms with Crippen molar-refractivity contribution in [3.8, 4) is 22.8 Å². The van der Waals surface area contributed by atoms with Gasteiger partial charge >= 0.3 is 48.0 Å². The van der Waals surface area contributed by atoms with Crippen LogP contribution < -0.4 is 22.1 Å². The summed E-state index contributed by atoms with van der Waals surface area (Å²) < 4.78 is 126. The quantitative estimate of drug-likeness (QED) is 0.0130. The largest absolute Gasteiger partial charge is 0.456 e. The summed E-state index contributed by atoms with van der Waals surface area (Å²) in [5, 5.41) is 7.95. The standard InChI is InChI=1S/C64H74F2N6O13.C48H62F2N6O9/c1-35(2)53(68-63(78)80-33-41-17-11-9-12-18-41)60(76)70-27-15-21-45(70)31-49-47-25-23-43(65)29-51(47)67-55(49)56-50(32-46-22-16-28-71(46)61(77)54(36(3)4)69-64(79)81-34-42-19-13-10-14-20-42)48-26-24-44(66)30-52(48)72(56)62-59(85-40(8)75)58(84-39(7)74)57(37(5)82-62)83-38(6)73;1-23(2)39(51)46(60)54-17-9-11-31(54)21-35-33-15-13-29(49)19-37(33)53-41(35)42-36(22-32-12-10-18-55(32)47(61)40(52)24(3)4)34-16-14-30(50)20-38(34)56(42)48-45(65-28(8)59)44(64-27(7)58)43(25(5)62-48)63-26(6)57/h9-14,17-20,23-26,29-30,35-37,45-46,53-54,57-59,62,67H,15-16,21-22,27-28,31-34H2,1-8H3,(H,68,78)(H,69,79);13-16,19-20,23-25,31-32,39-40,43-45,48,53H,9-12,17-18,21-22,51-52H2,1-8H3/t37-,45?,46-,53-,54-,57+,58+,59-,62-;25-,31?,32-,39-,40-,43+,44+,45-,48-/m00/s1. The van der Waals surface area contributed by atoms with Gasteiger partial charge in [0.25, 0.3) is 0 Å². The van der Waals surface area contributed by atoms with Crippen molar-refractivity contribution in [1.82, 2.24) is 49.3 Å². The van der Waals surface area contributed by atoms with E-state index in [-0.39, 0.29) is 97.4 Å². The van der Waals surface area contributed by atoms with Gasteiger partial charge in [0.2, 0.25) is 23.6 Å². The molecule has 4 aromatic heterocycles. The third-order valence-corrected chi connectivity index (χ3v) is 29.4. The van der Waals surface area contributed by atoms with Crippen LogP contribution in [0.1, 0.15) is 208 Å². The van der Waals surface area contributed by atoms with Gasteiger partial charge in [0.1, 0.15) is 48.6 Å². The van der Waals surface area contributed by atoms with Crippen LogP contribution in [0, 0.1) is 46.9 Å². The highest BCUT2D eigenvalue weighted by Crippen LogP contribution is 2.51. The minimum atomic E-state index is -1.57. The smallest absolute Gasteiger partial charge is 0.408 e. The Kier molecular flexibility index (Phi) is 35.1. The van der Waals surface area contributed by atoms with Crippen molar-refractivity contribution in [2.45, 2.75) is 311 Å². The van der Waals surface area contributed by atoms with E-state index < -0.39 is 169 Å². The number of halogens is 4. The van der Waals surface area contributed by atoms with Gasteiger partial charge in [-0.1, -0.05) is 116 Å². The molecule has 8 N–H and O–H groups in total. The van der Waals surface area contributed by atoms with E-state index >= 15 is 22.4 Å². The monoisotopic (exact) mass is 2080 g/mol. The third kappa shape index (κ3) is 24.5. The summed E-state index contributed by atoms with van der Waals surface area (Å²) >= 11 is 0. The lowest BCUT2D eigenvalue weighted by atomic mass is 9.94. The van der Waals surface area contributed by atoms with Gasteiger partial charge in [0.15, 0.2) is 49.1 Å². The number of aromatic amines is 2. The molecule has 0 saturated carbocycles. The van der Waals surface area contributed by atoms with Crippen LogP contribution in [0.3, 0.4) is 0 Å². The van der Waals surface area contributed by atoms with E-state index in [0.717, 1.165) is 37.0 Å². The Morgan fingerprint density at radius 3 is 0.960 bits per heavy atom. The number of nitrogens with zero attached hydrogens (tertiary/aromatic N) is 6. The van der Waals surface area contributed by atoms with E-state index in [9.17, 15) is 52.7 Å². The molecular weight excluding hydrogens is 1940 g/mol. The first-order valence-corrected chi connectivity index (χ1v) is 51.7. The number of benzene rings is 6. The van der Waals surface area contributed by atoms with Gasteiger partial charge in [0, 0.05) is 124 Å². The second-order valence-corrected chi connectivity index (χ2v) is 41.5. The first-order valence-electron chi connectivity index (χ1n) is 51.7. The van der Waals surface area contributed by atoms with E-state index in [4.69, 9.17) is 58.8 Å².